The maximum absolute atomic E-state index is 13.5. The highest BCUT2D eigenvalue weighted by Gasteiger charge is 2.34. The zero-order valence-corrected chi connectivity index (χ0v) is 22.2. The highest BCUT2D eigenvalue weighted by Crippen LogP contribution is 2.35. The van der Waals surface area contributed by atoms with Crippen LogP contribution in [0, 0.1) is 5.82 Å². The van der Waals surface area contributed by atoms with Gasteiger partial charge in [-0.25, -0.2) is 12.8 Å². The van der Waals surface area contributed by atoms with Gasteiger partial charge in [-0.15, -0.1) is 0 Å². The fourth-order valence-corrected chi connectivity index (χ4v) is 5.63. The van der Waals surface area contributed by atoms with Crippen molar-refractivity contribution in [3.05, 3.63) is 83.9 Å². The molecule has 198 valence electrons. The van der Waals surface area contributed by atoms with Gasteiger partial charge < -0.3 is 18.6 Å². The highest BCUT2D eigenvalue weighted by atomic mass is 32.2. The van der Waals surface area contributed by atoms with Gasteiger partial charge in [-0.1, -0.05) is 32.9 Å². The van der Waals surface area contributed by atoms with Crippen LogP contribution in [0.2, 0.25) is 0 Å². The average Bonchev–Trinajstić information content (AvgIpc) is 3.59. The molecule has 0 bridgehead atoms. The molecule has 0 aliphatic carbocycles. The molecule has 1 aliphatic heterocycles. The third kappa shape index (κ3) is 4.96. The number of furan rings is 1. The third-order valence-corrected chi connectivity index (χ3v) is 8.21. The van der Waals surface area contributed by atoms with Crippen LogP contribution in [0.15, 0.2) is 85.7 Å². The second-order valence-electron chi connectivity index (χ2n) is 10.2. The summed E-state index contributed by atoms with van der Waals surface area (Å²) in [7, 11) is -4.13. The van der Waals surface area contributed by atoms with Gasteiger partial charge in [-0.05, 0) is 59.5 Å². The van der Waals surface area contributed by atoms with Crippen molar-refractivity contribution in [3.8, 4) is 11.7 Å². The van der Waals surface area contributed by atoms with E-state index in [-0.39, 0.29) is 38.8 Å². The van der Waals surface area contributed by atoms with E-state index >= 15 is 0 Å². The summed E-state index contributed by atoms with van der Waals surface area (Å²) < 4.78 is 51.7. The van der Waals surface area contributed by atoms with E-state index in [9.17, 15) is 17.6 Å². The van der Waals surface area contributed by atoms with E-state index in [4.69, 9.17) is 8.83 Å². The molecule has 38 heavy (non-hydrogen) atoms. The molecule has 2 aromatic carbocycles. The number of amides is 1. The van der Waals surface area contributed by atoms with Crippen molar-refractivity contribution in [3.63, 3.8) is 0 Å². The van der Waals surface area contributed by atoms with Crippen LogP contribution in [-0.2, 0) is 15.3 Å². The van der Waals surface area contributed by atoms with Crippen LogP contribution in [-0.4, -0.2) is 50.4 Å². The number of nitrogens with zero attached hydrogens (tertiary/aromatic N) is 3. The number of hydrogen-bond acceptors (Lipinski definition) is 7. The Hall–Kier alpha value is -3.92. The zero-order chi connectivity index (χ0) is 27.1. The van der Waals surface area contributed by atoms with E-state index in [1.165, 1.54) is 18.4 Å². The Morgan fingerprint density at radius 2 is 1.61 bits per heavy atom. The van der Waals surface area contributed by atoms with Gasteiger partial charge in [-0.3, -0.25) is 4.79 Å². The molecule has 1 fully saturated rings. The molecular formula is C28H28FN3O5S. The lowest BCUT2D eigenvalue weighted by Crippen LogP contribution is -2.49. The Kier molecular flexibility index (Phi) is 6.60. The molecule has 4 aromatic rings. The first-order chi connectivity index (χ1) is 18.0. The van der Waals surface area contributed by atoms with Gasteiger partial charge in [0.25, 0.3) is 11.8 Å². The van der Waals surface area contributed by atoms with Gasteiger partial charge in [0, 0.05) is 31.7 Å². The van der Waals surface area contributed by atoms with E-state index in [1.54, 1.807) is 21.9 Å². The second-order valence-corrected chi connectivity index (χ2v) is 12.0. The largest absolute Gasteiger partial charge is 0.459 e. The van der Waals surface area contributed by atoms with Crippen molar-refractivity contribution >= 4 is 21.6 Å². The van der Waals surface area contributed by atoms with Crippen LogP contribution in [0.3, 0.4) is 0 Å². The first kappa shape index (κ1) is 25.7. The normalized spacial score (nSPS) is 14.6. The van der Waals surface area contributed by atoms with Gasteiger partial charge >= 0.3 is 0 Å². The summed E-state index contributed by atoms with van der Waals surface area (Å²) in [4.78, 5) is 20.8. The maximum atomic E-state index is 13.5. The number of piperazine rings is 1. The van der Waals surface area contributed by atoms with Crippen LogP contribution >= 0.6 is 0 Å². The molecule has 1 amide bonds. The number of carbonyl (C=O) groups excluding carboxylic acids is 1. The monoisotopic (exact) mass is 537 g/mol. The topological polar surface area (TPSA) is 96.9 Å². The van der Waals surface area contributed by atoms with Crippen molar-refractivity contribution < 1.29 is 26.4 Å². The molecule has 8 nitrogen and oxygen atoms in total. The van der Waals surface area contributed by atoms with E-state index in [2.05, 4.69) is 25.8 Å². The number of oxazole rings is 1. The number of rotatable bonds is 5. The minimum absolute atomic E-state index is 0.00919. The van der Waals surface area contributed by atoms with Crippen molar-refractivity contribution in [2.45, 2.75) is 36.1 Å². The van der Waals surface area contributed by atoms with Crippen LogP contribution in [0.1, 0.15) is 36.7 Å². The third-order valence-electron chi connectivity index (χ3n) is 6.54. The summed E-state index contributed by atoms with van der Waals surface area (Å²) in [5.74, 6) is -0.280. The molecule has 0 unspecified atom stereocenters. The number of carbonyl (C=O) groups is 1. The average molecular weight is 538 g/mol. The van der Waals surface area contributed by atoms with E-state index in [0.29, 0.717) is 31.7 Å². The van der Waals surface area contributed by atoms with Gasteiger partial charge in [-0.2, -0.15) is 4.98 Å². The number of aromatic nitrogens is 1. The molecule has 3 heterocycles. The molecule has 0 spiro atoms. The Labute approximate surface area is 220 Å². The fraction of sp³-hybridized carbons (Fsp3) is 0.286. The van der Waals surface area contributed by atoms with Gasteiger partial charge in [0.1, 0.15) is 5.82 Å². The summed E-state index contributed by atoms with van der Waals surface area (Å²) in [5, 5.41) is -0.284. The predicted octanol–water partition coefficient (Wildman–Crippen LogP) is 5.17. The first-order valence-electron chi connectivity index (χ1n) is 12.2. The zero-order valence-electron chi connectivity index (χ0n) is 21.3. The Morgan fingerprint density at radius 1 is 0.947 bits per heavy atom. The fourth-order valence-electron chi connectivity index (χ4n) is 4.31. The predicted molar refractivity (Wildman–Crippen MR) is 139 cm³/mol. The molecule has 5 rings (SSSR count). The number of sulfone groups is 1. The van der Waals surface area contributed by atoms with Gasteiger partial charge in [0.05, 0.1) is 11.2 Å². The molecule has 0 N–H and O–H groups in total. The van der Waals surface area contributed by atoms with Crippen LogP contribution in [0.5, 0.6) is 0 Å². The number of hydrogen-bond donors (Lipinski definition) is 0. The Bertz CT molecular complexity index is 1530. The molecule has 0 radical (unpaired) electrons. The van der Waals surface area contributed by atoms with Crippen molar-refractivity contribution in [2.24, 2.45) is 0 Å². The van der Waals surface area contributed by atoms with Crippen molar-refractivity contribution in [1.82, 2.24) is 9.88 Å². The van der Waals surface area contributed by atoms with E-state index in [1.807, 2.05) is 24.3 Å². The van der Waals surface area contributed by atoms with Gasteiger partial charge in [0.2, 0.25) is 20.7 Å². The lowest BCUT2D eigenvalue weighted by molar-refractivity contribution is 0.0745. The molecule has 0 atom stereocenters. The molecule has 10 heteroatoms. The quantitative estimate of drug-likeness (QED) is 0.324. The summed E-state index contributed by atoms with van der Waals surface area (Å²) >= 11 is 0. The van der Waals surface area contributed by atoms with Crippen LogP contribution < -0.4 is 4.90 Å². The number of benzene rings is 2. The summed E-state index contributed by atoms with van der Waals surface area (Å²) in [5.41, 5.74) is 1.74. The van der Waals surface area contributed by atoms with Crippen molar-refractivity contribution in [2.75, 3.05) is 31.1 Å². The van der Waals surface area contributed by atoms with E-state index < -0.39 is 15.7 Å². The maximum Gasteiger partial charge on any atom is 0.266 e. The number of anilines is 1. The lowest BCUT2D eigenvalue weighted by Gasteiger charge is -2.34. The van der Waals surface area contributed by atoms with Crippen LogP contribution in [0.4, 0.5) is 10.3 Å². The first-order valence-corrected chi connectivity index (χ1v) is 13.7. The molecule has 0 saturated carbocycles. The second kappa shape index (κ2) is 9.75. The Morgan fingerprint density at radius 3 is 2.18 bits per heavy atom. The smallest absolute Gasteiger partial charge is 0.266 e. The van der Waals surface area contributed by atoms with Gasteiger partial charge in [0.15, 0.2) is 5.76 Å². The summed E-state index contributed by atoms with van der Waals surface area (Å²) in [6.07, 6.45) is 1.44. The molecule has 1 saturated heterocycles. The highest BCUT2D eigenvalue weighted by molar-refractivity contribution is 7.91. The van der Waals surface area contributed by atoms with Crippen LogP contribution in [0.25, 0.3) is 11.7 Å². The summed E-state index contributed by atoms with van der Waals surface area (Å²) in [6, 6.07) is 15.4. The molecule has 1 aliphatic rings. The SMILES string of the molecule is CC(C)(C)c1ccc(C(=O)N2CCN(c3oc(-c4ccco4)nc3S(=O)(=O)c3ccc(F)cc3)CC2)cc1. The van der Waals surface area contributed by atoms with Crippen molar-refractivity contribution in [1.29, 1.82) is 0 Å². The summed E-state index contributed by atoms with van der Waals surface area (Å²) in [6.45, 7) is 7.77. The lowest BCUT2D eigenvalue weighted by atomic mass is 9.86. The minimum Gasteiger partial charge on any atom is -0.459 e. The Balaban J connectivity index is 1.39. The standard InChI is InChI=1S/C28H28FN3O5S/c1-28(2,3)20-8-6-19(7-9-20)26(33)31-14-16-32(17-15-31)27-25(30-24(37-27)23-5-4-18-36-23)38(34,35)22-12-10-21(29)11-13-22/h4-13,18H,14-17H2,1-3H3. The molecule has 2 aromatic heterocycles. The number of halogens is 1. The minimum atomic E-state index is -4.13. The molecular weight excluding hydrogens is 509 g/mol. The van der Waals surface area contributed by atoms with E-state index in [0.717, 1.165) is 17.7 Å².